The molecule has 0 unspecified atom stereocenters. The smallest absolute Gasteiger partial charge is 0.116 e. The van der Waals surface area contributed by atoms with Crippen molar-refractivity contribution < 1.29 is 10.2 Å². The summed E-state index contributed by atoms with van der Waals surface area (Å²) in [4.78, 5) is 0. The molecule has 0 saturated carbocycles. The van der Waals surface area contributed by atoms with E-state index in [-0.39, 0.29) is 11.5 Å². The van der Waals surface area contributed by atoms with Gasteiger partial charge in [0.15, 0.2) is 0 Å². The van der Waals surface area contributed by atoms with Crippen LogP contribution in [-0.2, 0) is 0 Å². The lowest BCUT2D eigenvalue weighted by atomic mass is 10.1. The molecule has 0 amide bonds. The first-order valence-corrected chi connectivity index (χ1v) is 8.15. The van der Waals surface area contributed by atoms with E-state index in [0.29, 0.717) is 0 Å². The van der Waals surface area contributed by atoms with Crippen molar-refractivity contribution in [2.24, 2.45) is 0 Å². The van der Waals surface area contributed by atoms with E-state index in [1.54, 1.807) is 24.3 Å². The lowest BCUT2D eigenvalue weighted by Gasteiger charge is -1.99. The second-order valence-electron chi connectivity index (χ2n) is 5.99. The summed E-state index contributed by atoms with van der Waals surface area (Å²) < 4.78 is 0. The van der Waals surface area contributed by atoms with Gasteiger partial charge in [0, 0.05) is 11.1 Å². The molecule has 26 heavy (non-hydrogen) atoms. The zero-order valence-electron chi connectivity index (χ0n) is 13.8. The van der Waals surface area contributed by atoms with Gasteiger partial charge in [-0.1, -0.05) is 36.1 Å². The second kappa shape index (κ2) is 6.55. The molecule has 2 nitrogen and oxygen atoms in total. The van der Waals surface area contributed by atoms with E-state index in [4.69, 9.17) is 0 Å². The summed E-state index contributed by atoms with van der Waals surface area (Å²) in [6, 6.07) is 22.2. The molecule has 4 aromatic carbocycles. The van der Waals surface area contributed by atoms with Gasteiger partial charge < -0.3 is 10.2 Å². The van der Waals surface area contributed by atoms with Crippen LogP contribution in [-0.4, -0.2) is 10.2 Å². The average molecular weight is 334 g/mol. The van der Waals surface area contributed by atoms with Crippen LogP contribution >= 0.6 is 0 Å². The molecule has 0 heterocycles. The van der Waals surface area contributed by atoms with Crippen molar-refractivity contribution in [3.05, 3.63) is 83.9 Å². The Bertz CT molecular complexity index is 1160. The summed E-state index contributed by atoms with van der Waals surface area (Å²) >= 11 is 0. The molecular formula is C24H14O2. The van der Waals surface area contributed by atoms with E-state index in [1.807, 2.05) is 48.5 Å². The van der Waals surface area contributed by atoms with Gasteiger partial charge >= 0.3 is 0 Å². The van der Waals surface area contributed by atoms with E-state index >= 15 is 0 Å². The van der Waals surface area contributed by atoms with E-state index in [1.165, 1.54) is 0 Å². The Morgan fingerprint density at radius 1 is 0.462 bits per heavy atom. The quantitative estimate of drug-likeness (QED) is 0.453. The minimum absolute atomic E-state index is 0.257. The third kappa shape index (κ3) is 3.31. The van der Waals surface area contributed by atoms with Gasteiger partial charge in [-0.3, -0.25) is 0 Å². The fourth-order valence-electron chi connectivity index (χ4n) is 2.83. The molecule has 0 aliphatic carbocycles. The highest BCUT2D eigenvalue weighted by Crippen LogP contribution is 2.21. The first kappa shape index (κ1) is 15.6. The van der Waals surface area contributed by atoms with Gasteiger partial charge in [0.1, 0.15) is 11.5 Å². The van der Waals surface area contributed by atoms with Crippen molar-refractivity contribution >= 4 is 21.5 Å². The lowest BCUT2D eigenvalue weighted by Crippen LogP contribution is -1.77. The monoisotopic (exact) mass is 334 g/mol. The molecule has 122 valence electrons. The average Bonchev–Trinajstić information content (AvgIpc) is 2.65. The maximum atomic E-state index is 9.50. The predicted molar refractivity (Wildman–Crippen MR) is 105 cm³/mol. The Hall–Kier alpha value is -3.88. The molecular weight excluding hydrogens is 320 g/mol. The van der Waals surface area contributed by atoms with Crippen LogP contribution in [0, 0.1) is 23.7 Å². The van der Waals surface area contributed by atoms with Crippen molar-refractivity contribution in [1.29, 1.82) is 0 Å². The summed E-state index contributed by atoms with van der Waals surface area (Å²) in [5, 5.41) is 23.0. The molecule has 0 fully saturated rings. The van der Waals surface area contributed by atoms with Gasteiger partial charge in [0.2, 0.25) is 0 Å². The van der Waals surface area contributed by atoms with Crippen LogP contribution < -0.4 is 0 Å². The standard InChI is InChI=1S/C24H14O2/c25-23-11-9-19-13-17(5-7-21(19)15-23)3-1-2-4-18-6-8-22-16-24(26)12-10-20(22)14-18/h5-16,25-26H. The molecule has 0 spiro atoms. The van der Waals surface area contributed by atoms with Gasteiger partial charge in [-0.25, -0.2) is 0 Å². The number of fused-ring (bicyclic) bond motifs is 2. The van der Waals surface area contributed by atoms with E-state index in [0.717, 1.165) is 32.7 Å². The molecule has 0 aliphatic rings. The number of rotatable bonds is 0. The Morgan fingerprint density at radius 2 is 0.846 bits per heavy atom. The van der Waals surface area contributed by atoms with E-state index in [9.17, 15) is 10.2 Å². The van der Waals surface area contributed by atoms with Crippen LogP contribution in [0.15, 0.2) is 72.8 Å². The fourth-order valence-corrected chi connectivity index (χ4v) is 2.83. The molecule has 2 heteroatoms. The molecule has 0 saturated heterocycles. The Balaban J connectivity index is 1.59. The minimum atomic E-state index is 0.257. The van der Waals surface area contributed by atoms with Gasteiger partial charge in [-0.15, -0.1) is 0 Å². The van der Waals surface area contributed by atoms with Gasteiger partial charge in [-0.2, -0.15) is 0 Å². The van der Waals surface area contributed by atoms with Gasteiger partial charge in [-0.05, 0) is 81.9 Å². The van der Waals surface area contributed by atoms with Crippen LogP contribution in [0.1, 0.15) is 11.1 Å². The number of phenols is 2. The zero-order valence-corrected chi connectivity index (χ0v) is 13.8. The van der Waals surface area contributed by atoms with Crippen LogP contribution in [0.2, 0.25) is 0 Å². The van der Waals surface area contributed by atoms with Crippen molar-refractivity contribution in [1.82, 2.24) is 0 Å². The number of hydrogen-bond acceptors (Lipinski definition) is 2. The minimum Gasteiger partial charge on any atom is -0.508 e. The number of hydrogen-bond donors (Lipinski definition) is 2. The molecule has 4 rings (SSSR count). The van der Waals surface area contributed by atoms with Crippen molar-refractivity contribution in [3.8, 4) is 35.2 Å². The third-order valence-corrected chi connectivity index (χ3v) is 4.12. The summed E-state index contributed by atoms with van der Waals surface area (Å²) in [6.07, 6.45) is 0. The molecule has 0 radical (unpaired) electrons. The number of phenolic OH excluding ortho intramolecular Hbond substituents is 2. The number of aromatic hydroxyl groups is 2. The lowest BCUT2D eigenvalue weighted by molar-refractivity contribution is 0.475. The fraction of sp³-hybridized carbons (Fsp3) is 0. The van der Waals surface area contributed by atoms with E-state index in [2.05, 4.69) is 23.7 Å². The summed E-state index contributed by atoms with van der Waals surface area (Å²) in [5.41, 5.74) is 1.76. The Morgan fingerprint density at radius 3 is 1.31 bits per heavy atom. The van der Waals surface area contributed by atoms with Crippen LogP contribution in [0.5, 0.6) is 11.5 Å². The second-order valence-corrected chi connectivity index (χ2v) is 5.99. The zero-order chi connectivity index (χ0) is 17.9. The Labute approximate surface area is 151 Å². The van der Waals surface area contributed by atoms with E-state index < -0.39 is 0 Å². The van der Waals surface area contributed by atoms with Gasteiger partial charge in [0.05, 0.1) is 0 Å². The van der Waals surface area contributed by atoms with Crippen molar-refractivity contribution in [3.63, 3.8) is 0 Å². The highest BCUT2D eigenvalue weighted by atomic mass is 16.3. The van der Waals surface area contributed by atoms with Crippen molar-refractivity contribution in [2.75, 3.05) is 0 Å². The highest BCUT2D eigenvalue weighted by molar-refractivity contribution is 5.86. The number of benzene rings is 4. The Kier molecular flexibility index (Phi) is 3.94. The molecule has 4 aromatic rings. The van der Waals surface area contributed by atoms with Crippen LogP contribution in [0.4, 0.5) is 0 Å². The molecule has 0 bridgehead atoms. The topological polar surface area (TPSA) is 40.5 Å². The predicted octanol–water partition coefficient (Wildman–Crippen LogP) is 4.81. The largest absolute Gasteiger partial charge is 0.508 e. The van der Waals surface area contributed by atoms with Crippen LogP contribution in [0.3, 0.4) is 0 Å². The highest BCUT2D eigenvalue weighted by Gasteiger charge is 1.97. The van der Waals surface area contributed by atoms with Crippen LogP contribution in [0.25, 0.3) is 21.5 Å². The summed E-state index contributed by atoms with van der Waals surface area (Å²) in [5.74, 6) is 12.4. The first-order valence-electron chi connectivity index (χ1n) is 8.15. The third-order valence-electron chi connectivity index (χ3n) is 4.12. The SMILES string of the molecule is Oc1ccc2cc(C#CC#Cc3ccc4cc(O)ccc4c3)ccc2c1. The normalized spacial score (nSPS) is 10.0. The molecule has 2 N–H and O–H groups in total. The maximum Gasteiger partial charge on any atom is 0.116 e. The molecule has 0 atom stereocenters. The molecule has 0 aromatic heterocycles. The molecule has 0 aliphatic heterocycles. The van der Waals surface area contributed by atoms with Crippen molar-refractivity contribution in [2.45, 2.75) is 0 Å². The summed E-state index contributed by atoms with van der Waals surface area (Å²) in [6.45, 7) is 0. The maximum absolute atomic E-state index is 9.50. The van der Waals surface area contributed by atoms with Gasteiger partial charge in [0.25, 0.3) is 0 Å². The summed E-state index contributed by atoms with van der Waals surface area (Å²) in [7, 11) is 0. The first-order chi connectivity index (χ1) is 12.7.